The molecule has 0 bridgehead atoms. The number of ether oxygens (including phenoxy) is 2. The molecular formula is C19H21ClN2O4. The van der Waals surface area contributed by atoms with Gasteiger partial charge in [-0.15, -0.1) is 0 Å². The smallest absolute Gasteiger partial charge is 0.233 e. The van der Waals surface area contributed by atoms with E-state index in [2.05, 4.69) is 10.6 Å². The fourth-order valence-corrected chi connectivity index (χ4v) is 2.72. The van der Waals surface area contributed by atoms with Crippen molar-refractivity contribution < 1.29 is 19.1 Å². The highest BCUT2D eigenvalue weighted by Gasteiger charge is 2.16. The number of amides is 2. The average molecular weight is 377 g/mol. The van der Waals surface area contributed by atoms with Crippen LogP contribution in [0.25, 0.3) is 0 Å². The molecule has 2 aromatic rings. The summed E-state index contributed by atoms with van der Waals surface area (Å²) in [5.74, 6) is -0.113. The molecule has 6 nitrogen and oxygen atoms in total. The largest absolute Gasteiger partial charge is 0.495 e. The first-order chi connectivity index (χ1) is 12.3. The molecule has 0 saturated heterocycles. The van der Waals surface area contributed by atoms with Crippen LogP contribution in [0.5, 0.6) is 11.5 Å². The van der Waals surface area contributed by atoms with E-state index in [4.69, 9.17) is 21.1 Å². The van der Waals surface area contributed by atoms with Gasteiger partial charge in [0.15, 0.2) is 0 Å². The number of para-hydroxylation sites is 1. The van der Waals surface area contributed by atoms with Crippen LogP contribution in [0.3, 0.4) is 0 Å². The van der Waals surface area contributed by atoms with Gasteiger partial charge < -0.3 is 20.1 Å². The summed E-state index contributed by atoms with van der Waals surface area (Å²) in [6.45, 7) is 3.79. The van der Waals surface area contributed by atoms with Gasteiger partial charge in [0.1, 0.15) is 17.9 Å². The summed E-state index contributed by atoms with van der Waals surface area (Å²) < 4.78 is 10.3. The second-order valence-electron chi connectivity index (χ2n) is 5.73. The zero-order valence-corrected chi connectivity index (χ0v) is 15.9. The number of rotatable bonds is 6. The van der Waals surface area contributed by atoms with E-state index in [0.717, 1.165) is 16.8 Å². The van der Waals surface area contributed by atoms with E-state index in [0.29, 0.717) is 22.2 Å². The Morgan fingerprint density at radius 3 is 2.12 bits per heavy atom. The molecule has 2 N–H and O–H groups in total. The number of methoxy groups -OCH3 is 2. The van der Waals surface area contributed by atoms with Crippen molar-refractivity contribution in [1.82, 2.24) is 0 Å². The van der Waals surface area contributed by atoms with Gasteiger partial charge in [0, 0.05) is 17.8 Å². The van der Waals surface area contributed by atoms with Gasteiger partial charge in [-0.3, -0.25) is 9.59 Å². The Balaban J connectivity index is 2.08. The Labute approximate surface area is 157 Å². The molecule has 0 unspecified atom stereocenters. The molecule has 0 heterocycles. The number of carbonyl (C=O) groups excluding carboxylic acids is 2. The predicted molar refractivity (Wildman–Crippen MR) is 102 cm³/mol. The minimum absolute atomic E-state index is 0.331. The number of halogens is 1. The minimum Gasteiger partial charge on any atom is -0.495 e. The molecule has 0 saturated carbocycles. The van der Waals surface area contributed by atoms with E-state index in [1.165, 1.54) is 20.3 Å². The summed E-state index contributed by atoms with van der Waals surface area (Å²) >= 11 is 6.04. The molecule has 2 amide bonds. The normalized spacial score (nSPS) is 10.2. The maximum absolute atomic E-state index is 12.2. The molecule has 7 heteroatoms. The Kier molecular flexibility index (Phi) is 6.46. The van der Waals surface area contributed by atoms with E-state index >= 15 is 0 Å². The zero-order valence-electron chi connectivity index (χ0n) is 15.1. The summed E-state index contributed by atoms with van der Waals surface area (Å²) in [7, 11) is 2.93. The molecule has 0 fully saturated rings. The van der Waals surface area contributed by atoms with Crippen molar-refractivity contribution in [3.8, 4) is 11.5 Å². The fourth-order valence-electron chi connectivity index (χ4n) is 2.49. The minimum atomic E-state index is -0.476. The molecule has 2 rings (SSSR count). The van der Waals surface area contributed by atoms with Crippen LogP contribution in [0.4, 0.5) is 11.4 Å². The number of nitrogens with one attached hydrogen (secondary N) is 2. The van der Waals surface area contributed by atoms with Gasteiger partial charge in [-0.1, -0.05) is 29.8 Å². The molecule has 0 aliphatic heterocycles. The summed E-state index contributed by atoms with van der Waals surface area (Å²) in [4.78, 5) is 24.4. The molecule has 0 aromatic heterocycles. The number of hydrogen-bond donors (Lipinski definition) is 2. The lowest BCUT2D eigenvalue weighted by molar-refractivity contribution is -0.123. The van der Waals surface area contributed by atoms with Gasteiger partial charge in [-0.2, -0.15) is 0 Å². The van der Waals surface area contributed by atoms with Gasteiger partial charge in [0.2, 0.25) is 11.8 Å². The van der Waals surface area contributed by atoms with E-state index in [1.807, 2.05) is 32.0 Å². The van der Waals surface area contributed by atoms with Crippen LogP contribution in [0.15, 0.2) is 30.3 Å². The second kappa shape index (κ2) is 8.58. The molecule has 0 spiro atoms. The van der Waals surface area contributed by atoms with E-state index in [-0.39, 0.29) is 6.42 Å². The molecular weight excluding hydrogens is 356 g/mol. The average Bonchev–Trinajstić information content (AvgIpc) is 2.59. The summed E-state index contributed by atoms with van der Waals surface area (Å²) in [6.07, 6.45) is -0.331. The molecule has 2 aromatic carbocycles. The number of benzene rings is 2. The third-order valence-corrected chi connectivity index (χ3v) is 4.11. The number of carbonyl (C=O) groups is 2. The van der Waals surface area contributed by atoms with Crippen molar-refractivity contribution in [2.75, 3.05) is 24.9 Å². The lowest BCUT2D eigenvalue weighted by atomic mass is 10.1. The van der Waals surface area contributed by atoms with Crippen molar-refractivity contribution in [2.24, 2.45) is 0 Å². The van der Waals surface area contributed by atoms with Crippen molar-refractivity contribution in [1.29, 1.82) is 0 Å². The van der Waals surface area contributed by atoms with Crippen LogP contribution in [0.2, 0.25) is 5.02 Å². The summed E-state index contributed by atoms with van der Waals surface area (Å²) in [6, 6.07) is 8.78. The monoisotopic (exact) mass is 376 g/mol. The Morgan fingerprint density at radius 1 is 0.962 bits per heavy atom. The number of aryl methyl sites for hydroxylation is 2. The summed E-state index contributed by atoms with van der Waals surface area (Å²) in [5, 5.41) is 5.78. The number of anilines is 2. The van der Waals surface area contributed by atoms with E-state index in [9.17, 15) is 9.59 Å². The van der Waals surface area contributed by atoms with Crippen LogP contribution in [-0.4, -0.2) is 26.0 Å². The molecule has 26 heavy (non-hydrogen) atoms. The Morgan fingerprint density at radius 2 is 1.54 bits per heavy atom. The Bertz CT molecular complexity index is 816. The lowest BCUT2D eigenvalue weighted by Crippen LogP contribution is -2.22. The third kappa shape index (κ3) is 4.67. The zero-order chi connectivity index (χ0) is 19.3. The Hall–Kier alpha value is -2.73. The van der Waals surface area contributed by atoms with Gasteiger partial charge in [0.25, 0.3) is 0 Å². The topological polar surface area (TPSA) is 76.7 Å². The highest BCUT2D eigenvalue weighted by Crippen LogP contribution is 2.35. The van der Waals surface area contributed by atoms with Crippen LogP contribution in [-0.2, 0) is 9.59 Å². The van der Waals surface area contributed by atoms with Crippen LogP contribution >= 0.6 is 11.6 Å². The number of hydrogen-bond acceptors (Lipinski definition) is 4. The van der Waals surface area contributed by atoms with E-state index in [1.54, 1.807) is 6.07 Å². The molecule has 138 valence electrons. The highest BCUT2D eigenvalue weighted by molar-refractivity contribution is 6.32. The van der Waals surface area contributed by atoms with Gasteiger partial charge >= 0.3 is 0 Å². The first kappa shape index (κ1) is 19.6. The van der Waals surface area contributed by atoms with Gasteiger partial charge in [0.05, 0.1) is 24.9 Å². The van der Waals surface area contributed by atoms with Crippen molar-refractivity contribution in [2.45, 2.75) is 20.3 Å². The molecule has 0 radical (unpaired) electrons. The molecule has 0 atom stereocenters. The first-order valence-electron chi connectivity index (χ1n) is 7.93. The maximum Gasteiger partial charge on any atom is 0.233 e. The lowest BCUT2D eigenvalue weighted by Gasteiger charge is -2.14. The van der Waals surface area contributed by atoms with Gasteiger partial charge in [-0.25, -0.2) is 0 Å². The van der Waals surface area contributed by atoms with Crippen LogP contribution in [0, 0.1) is 13.8 Å². The quantitative estimate of drug-likeness (QED) is 0.748. The van der Waals surface area contributed by atoms with Crippen LogP contribution < -0.4 is 20.1 Å². The second-order valence-corrected chi connectivity index (χ2v) is 6.13. The van der Waals surface area contributed by atoms with Crippen LogP contribution in [0.1, 0.15) is 17.5 Å². The molecule has 0 aliphatic rings. The van der Waals surface area contributed by atoms with Crippen molar-refractivity contribution in [3.05, 3.63) is 46.5 Å². The SMILES string of the molecule is COc1cc(NC(=O)CC(=O)Nc2c(C)cccc2C)c(OC)cc1Cl. The van der Waals surface area contributed by atoms with Crippen molar-refractivity contribution in [3.63, 3.8) is 0 Å². The van der Waals surface area contributed by atoms with Crippen molar-refractivity contribution >= 4 is 34.8 Å². The van der Waals surface area contributed by atoms with E-state index < -0.39 is 11.8 Å². The predicted octanol–water partition coefficient (Wildman–Crippen LogP) is 3.94. The standard InChI is InChI=1S/C19H21ClN2O4/c1-11-6-5-7-12(2)19(11)22-18(24)10-17(23)21-14-9-15(25-3)13(20)8-16(14)26-4/h5-9H,10H2,1-4H3,(H,21,23)(H,22,24). The first-order valence-corrected chi connectivity index (χ1v) is 8.31. The highest BCUT2D eigenvalue weighted by atomic mass is 35.5. The maximum atomic E-state index is 12.2. The fraction of sp³-hybridized carbons (Fsp3) is 0.263. The third-order valence-electron chi connectivity index (χ3n) is 3.81. The summed E-state index contributed by atoms with van der Waals surface area (Å²) in [5.41, 5.74) is 2.96. The van der Waals surface area contributed by atoms with Gasteiger partial charge in [-0.05, 0) is 25.0 Å². The molecule has 0 aliphatic carbocycles.